The molecular formula is C18H20ClN. The molecule has 0 saturated carbocycles. The van der Waals surface area contributed by atoms with E-state index in [0.29, 0.717) is 5.88 Å². The maximum atomic E-state index is 5.78. The molecule has 0 unspecified atom stereocenters. The van der Waals surface area contributed by atoms with Gasteiger partial charge in [0, 0.05) is 29.2 Å². The third kappa shape index (κ3) is 3.64. The fourth-order valence-corrected chi connectivity index (χ4v) is 2.38. The second-order valence-electron chi connectivity index (χ2n) is 4.77. The van der Waals surface area contributed by atoms with Crippen LogP contribution in [0.2, 0.25) is 0 Å². The van der Waals surface area contributed by atoms with E-state index < -0.39 is 0 Å². The minimum atomic E-state index is 0.583. The van der Waals surface area contributed by atoms with E-state index in [1.54, 1.807) is 0 Å². The second kappa shape index (κ2) is 7.16. The monoisotopic (exact) mass is 285 g/mol. The van der Waals surface area contributed by atoms with Gasteiger partial charge in [0.2, 0.25) is 0 Å². The summed E-state index contributed by atoms with van der Waals surface area (Å²) < 4.78 is 0. The maximum absolute atomic E-state index is 5.78. The fraction of sp³-hybridized carbons (Fsp3) is 0.222. The Morgan fingerprint density at radius 2 is 1.90 bits per heavy atom. The largest absolute Gasteiger partial charge is 0.359 e. The van der Waals surface area contributed by atoms with Gasteiger partial charge in [0.25, 0.3) is 0 Å². The average molecular weight is 286 g/mol. The summed E-state index contributed by atoms with van der Waals surface area (Å²) in [7, 11) is 0. The van der Waals surface area contributed by atoms with Gasteiger partial charge in [-0.05, 0) is 23.6 Å². The number of halogens is 1. The maximum Gasteiger partial charge on any atom is 0.0464 e. The molecule has 0 aliphatic rings. The lowest BCUT2D eigenvalue weighted by atomic mass is 10.0. The standard InChI is InChI=1S/C18H20ClN/c1-3-15-9-10-17(16-7-5-4-6-8-16)18(13-15)20-14(2)11-12-19/h4-10,13,20H,2-3,11-12H2,1H3. The summed E-state index contributed by atoms with van der Waals surface area (Å²) in [5, 5.41) is 3.41. The number of anilines is 1. The number of aryl methyl sites for hydroxylation is 1. The minimum absolute atomic E-state index is 0.583. The first-order valence-corrected chi connectivity index (χ1v) is 7.47. The van der Waals surface area contributed by atoms with Crippen molar-refractivity contribution in [2.24, 2.45) is 0 Å². The molecule has 0 aliphatic carbocycles. The number of hydrogen-bond acceptors (Lipinski definition) is 1. The highest BCUT2D eigenvalue weighted by atomic mass is 35.5. The SMILES string of the molecule is C=C(CCCl)Nc1cc(CC)ccc1-c1ccccc1. The van der Waals surface area contributed by atoms with Gasteiger partial charge in [-0.2, -0.15) is 0 Å². The summed E-state index contributed by atoms with van der Waals surface area (Å²) in [6.07, 6.45) is 1.79. The van der Waals surface area contributed by atoms with Gasteiger partial charge in [0.1, 0.15) is 0 Å². The third-order valence-electron chi connectivity index (χ3n) is 3.28. The zero-order valence-electron chi connectivity index (χ0n) is 11.8. The summed E-state index contributed by atoms with van der Waals surface area (Å²) in [6, 6.07) is 16.9. The molecule has 0 bridgehead atoms. The number of hydrogen-bond donors (Lipinski definition) is 1. The molecule has 2 aromatic carbocycles. The number of rotatable bonds is 6. The van der Waals surface area contributed by atoms with Crippen molar-refractivity contribution in [2.75, 3.05) is 11.2 Å². The van der Waals surface area contributed by atoms with Crippen LogP contribution in [-0.4, -0.2) is 5.88 Å². The summed E-state index contributed by atoms with van der Waals surface area (Å²) in [5.41, 5.74) is 5.76. The lowest BCUT2D eigenvalue weighted by molar-refractivity contribution is 1.11. The van der Waals surface area contributed by atoms with Crippen LogP contribution in [0.15, 0.2) is 60.8 Å². The Kier molecular flexibility index (Phi) is 5.25. The molecule has 0 fully saturated rings. The minimum Gasteiger partial charge on any atom is -0.359 e. The molecule has 0 aliphatic heterocycles. The summed E-state index contributed by atoms with van der Waals surface area (Å²) in [5.74, 6) is 0.583. The van der Waals surface area contributed by atoms with Crippen molar-refractivity contribution in [3.8, 4) is 11.1 Å². The van der Waals surface area contributed by atoms with Crippen LogP contribution in [0, 0.1) is 0 Å². The van der Waals surface area contributed by atoms with Crippen molar-refractivity contribution in [2.45, 2.75) is 19.8 Å². The molecule has 0 atom stereocenters. The summed E-state index contributed by atoms with van der Waals surface area (Å²) in [4.78, 5) is 0. The lowest BCUT2D eigenvalue weighted by Gasteiger charge is -2.15. The number of nitrogens with one attached hydrogen (secondary N) is 1. The van der Waals surface area contributed by atoms with Crippen LogP contribution in [0.5, 0.6) is 0 Å². The molecule has 2 heteroatoms. The van der Waals surface area contributed by atoms with Gasteiger partial charge < -0.3 is 5.32 Å². The molecule has 104 valence electrons. The van der Waals surface area contributed by atoms with E-state index >= 15 is 0 Å². The van der Waals surface area contributed by atoms with Gasteiger partial charge in [-0.3, -0.25) is 0 Å². The number of allylic oxidation sites excluding steroid dienone is 1. The number of alkyl halides is 1. The highest BCUT2D eigenvalue weighted by molar-refractivity contribution is 6.18. The first-order chi connectivity index (χ1) is 9.74. The van der Waals surface area contributed by atoms with Crippen LogP contribution < -0.4 is 5.32 Å². The Hall–Kier alpha value is -1.73. The van der Waals surface area contributed by atoms with Crippen molar-refractivity contribution in [3.05, 3.63) is 66.4 Å². The molecule has 0 saturated heterocycles. The molecular weight excluding hydrogens is 266 g/mol. The van der Waals surface area contributed by atoms with Crippen LogP contribution >= 0.6 is 11.6 Å². The zero-order valence-corrected chi connectivity index (χ0v) is 12.6. The molecule has 0 spiro atoms. The first-order valence-electron chi connectivity index (χ1n) is 6.93. The normalized spacial score (nSPS) is 10.3. The topological polar surface area (TPSA) is 12.0 Å². The van der Waals surface area contributed by atoms with Crippen molar-refractivity contribution in [1.29, 1.82) is 0 Å². The molecule has 20 heavy (non-hydrogen) atoms. The fourth-order valence-electron chi connectivity index (χ4n) is 2.15. The summed E-state index contributed by atoms with van der Waals surface area (Å²) >= 11 is 5.78. The average Bonchev–Trinajstić information content (AvgIpc) is 2.48. The van der Waals surface area contributed by atoms with Crippen molar-refractivity contribution >= 4 is 17.3 Å². The molecule has 2 aromatic rings. The quantitative estimate of drug-likeness (QED) is 0.694. The van der Waals surface area contributed by atoms with Gasteiger partial charge in [0.05, 0.1) is 0 Å². The van der Waals surface area contributed by atoms with Gasteiger partial charge >= 0.3 is 0 Å². The lowest BCUT2D eigenvalue weighted by Crippen LogP contribution is -2.01. The Balaban J connectivity index is 2.38. The van der Waals surface area contributed by atoms with Gasteiger partial charge in [-0.15, -0.1) is 11.6 Å². The van der Waals surface area contributed by atoms with Gasteiger partial charge in [-0.25, -0.2) is 0 Å². The van der Waals surface area contributed by atoms with E-state index in [0.717, 1.165) is 24.2 Å². The van der Waals surface area contributed by atoms with Crippen LogP contribution in [-0.2, 0) is 6.42 Å². The Bertz CT molecular complexity index is 575. The van der Waals surface area contributed by atoms with E-state index in [1.165, 1.54) is 16.7 Å². The highest BCUT2D eigenvalue weighted by Gasteiger charge is 2.06. The first kappa shape index (κ1) is 14.7. The Morgan fingerprint density at radius 1 is 1.15 bits per heavy atom. The van der Waals surface area contributed by atoms with Gasteiger partial charge in [0.15, 0.2) is 0 Å². The molecule has 0 heterocycles. The van der Waals surface area contributed by atoms with Crippen molar-refractivity contribution in [3.63, 3.8) is 0 Å². The second-order valence-corrected chi connectivity index (χ2v) is 5.15. The van der Waals surface area contributed by atoms with E-state index in [2.05, 4.69) is 61.3 Å². The molecule has 1 N–H and O–H groups in total. The smallest absolute Gasteiger partial charge is 0.0464 e. The highest BCUT2D eigenvalue weighted by Crippen LogP contribution is 2.30. The number of benzene rings is 2. The molecule has 0 radical (unpaired) electrons. The predicted octanol–water partition coefficient (Wildman–Crippen LogP) is 5.47. The zero-order chi connectivity index (χ0) is 14.4. The predicted molar refractivity (Wildman–Crippen MR) is 89.4 cm³/mol. The van der Waals surface area contributed by atoms with Crippen LogP contribution in [0.3, 0.4) is 0 Å². The Labute approximate surface area is 126 Å². The molecule has 0 amide bonds. The molecule has 0 aromatic heterocycles. The van der Waals surface area contributed by atoms with Crippen molar-refractivity contribution < 1.29 is 0 Å². The van der Waals surface area contributed by atoms with Gasteiger partial charge in [-0.1, -0.05) is 56.0 Å². The van der Waals surface area contributed by atoms with Crippen molar-refractivity contribution in [1.82, 2.24) is 0 Å². The van der Waals surface area contributed by atoms with E-state index in [1.807, 2.05) is 6.07 Å². The molecule has 2 rings (SSSR count). The molecule has 1 nitrogen and oxygen atoms in total. The van der Waals surface area contributed by atoms with E-state index in [4.69, 9.17) is 11.6 Å². The van der Waals surface area contributed by atoms with Crippen LogP contribution in [0.25, 0.3) is 11.1 Å². The van der Waals surface area contributed by atoms with Crippen LogP contribution in [0.4, 0.5) is 5.69 Å². The van der Waals surface area contributed by atoms with E-state index in [9.17, 15) is 0 Å². The Morgan fingerprint density at radius 3 is 2.55 bits per heavy atom. The third-order valence-corrected chi connectivity index (χ3v) is 3.47. The van der Waals surface area contributed by atoms with Crippen LogP contribution in [0.1, 0.15) is 18.9 Å². The summed E-state index contributed by atoms with van der Waals surface area (Å²) in [6.45, 7) is 6.20. The van der Waals surface area contributed by atoms with E-state index in [-0.39, 0.29) is 0 Å².